The largest absolute Gasteiger partial charge is 0.325 e. The summed E-state index contributed by atoms with van der Waals surface area (Å²) < 4.78 is 0. The molecular weight excluding hydrogens is 278 g/mol. The molecule has 1 amide bonds. The number of benzene rings is 2. The van der Waals surface area contributed by atoms with Crippen LogP contribution in [0.2, 0.25) is 0 Å². The second-order valence-corrected chi connectivity index (χ2v) is 6.25. The molecule has 0 heterocycles. The molecule has 2 aromatic rings. The van der Waals surface area contributed by atoms with Crippen molar-refractivity contribution in [3.8, 4) is 0 Å². The fourth-order valence-electron chi connectivity index (χ4n) is 2.16. The Bertz CT molecular complexity index is 583. The Morgan fingerprint density at radius 1 is 1.10 bits per heavy atom. The van der Waals surface area contributed by atoms with Crippen molar-refractivity contribution in [1.82, 2.24) is 0 Å². The number of hydrogen-bond donors (Lipinski definition) is 1. The molecule has 0 saturated heterocycles. The number of aryl methyl sites for hydroxylation is 1. The van der Waals surface area contributed by atoms with Gasteiger partial charge in [0.25, 0.3) is 0 Å². The van der Waals surface area contributed by atoms with Crippen molar-refractivity contribution in [3.05, 3.63) is 65.7 Å². The van der Waals surface area contributed by atoms with Gasteiger partial charge in [0.15, 0.2) is 0 Å². The van der Waals surface area contributed by atoms with E-state index in [1.807, 2.05) is 36.4 Å². The lowest BCUT2D eigenvalue weighted by Crippen LogP contribution is -2.15. The lowest BCUT2D eigenvalue weighted by Gasteiger charge is -2.13. The maximum Gasteiger partial charge on any atom is 0.234 e. The Hall–Kier alpha value is -1.74. The van der Waals surface area contributed by atoms with Crippen LogP contribution in [0.4, 0.5) is 5.69 Å². The molecule has 1 N–H and O–H groups in total. The van der Waals surface area contributed by atoms with Crippen LogP contribution in [0.25, 0.3) is 0 Å². The van der Waals surface area contributed by atoms with E-state index >= 15 is 0 Å². The molecule has 0 saturated carbocycles. The van der Waals surface area contributed by atoms with Crippen molar-refractivity contribution in [2.75, 3.05) is 11.1 Å². The van der Waals surface area contributed by atoms with Crippen LogP contribution in [0.3, 0.4) is 0 Å². The molecular formula is C18H21NOS. The lowest BCUT2D eigenvalue weighted by atomic mass is 10.1. The topological polar surface area (TPSA) is 29.1 Å². The van der Waals surface area contributed by atoms with Gasteiger partial charge < -0.3 is 5.32 Å². The molecule has 3 heteroatoms. The van der Waals surface area contributed by atoms with Crippen LogP contribution in [-0.4, -0.2) is 11.7 Å². The third-order valence-electron chi connectivity index (χ3n) is 3.41. The Morgan fingerprint density at radius 2 is 1.76 bits per heavy atom. The second kappa shape index (κ2) is 7.89. The predicted molar refractivity (Wildman–Crippen MR) is 91.8 cm³/mol. The summed E-state index contributed by atoms with van der Waals surface area (Å²) in [7, 11) is 0. The van der Waals surface area contributed by atoms with E-state index in [4.69, 9.17) is 0 Å². The summed E-state index contributed by atoms with van der Waals surface area (Å²) >= 11 is 1.66. The first-order valence-electron chi connectivity index (χ1n) is 7.25. The van der Waals surface area contributed by atoms with Gasteiger partial charge in [-0.3, -0.25) is 4.79 Å². The number of carbonyl (C=O) groups is 1. The number of anilines is 1. The highest BCUT2D eigenvalue weighted by Gasteiger charge is 2.10. The molecule has 0 bridgehead atoms. The standard InChI is InChI=1S/C18H21NOS/c1-3-15-9-7-8-12-17(15)19-18(20)13-21-14(2)16-10-5-4-6-11-16/h4-12,14H,3,13H2,1-2H3,(H,19,20)/t14-/m0/s1. The fourth-order valence-corrected chi connectivity index (χ4v) is 2.98. The summed E-state index contributed by atoms with van der Waals surface area (Å²) in [5, 5.41) is 3.33. The van der Waals surface area contributed by atoms with Crippen molar-refractivity contribution in [2.24, 2.45) is 0 Å². The number of amides is 1. The van der Waals surface area contributed by atoms with Crippen molar-refractivity contribution in [2.45, 2.75) is 25.5 Å². The van der Waals surface area contributed by atoms with E-state index in [0.29, 0.717) is 11.0 Å². The van der Waals surface area contributed by atoms with Crippen molar-refractivity contribution < 1.29 is 4.79 Å². The first kappa shape index (κ1) is 15.6. The van der Waals surface area contributed by atoms with E-state index in [2.05, 4.69) is 37.4 Å². The highest BCUT2D eigenvalue weighted by molar-refractivity contribution is 8.00. The number of carbonyl (C=O) groups excluding carboxylic acids is 1. The minimum absolute atomic E-state index is 0.0590. The summed E-state index contributed by atoms with van der Waals surface area (Å²) in [6.45, 7) is 4.23. The molecule has 2 aromatic carbocycles. The highest BCUT2D eigenvalue weighted by atomic mass is 32.2. The first-order valence-corrected chi connectivity index (χ1v) is 8.30. The van der Waals surface area contributed by atoms with Gasteiger partial charge in [-0.15, -0.1) is 11.8 Å². The van der Waals surface area contributed by atoms with Crippen molar-refractivity contribution in [3.63, 3.8) is 0 Å². The minimum atomic E-state index is 0.0590. The molecule has 0 spiro atoms. The van der Waals surface area contributed by atoms with Gasteiger partial charge in [0, 0.05) is 10.9 Å². The van der Waals surface area contributed by atoms with E-state index in [1.54, 1.807) is 11.8 Å². The fraction of sp³-hybridized carbons (Fsp3) is 0.278. The van der Waals surface area contributed by atoms with Crippen LogP contribution < -0.4 is 5.32 Å². The molecule has 1 atom stereocenters. The Labute approximate surface area is 131 Å². The van der Waals surface area contributed by atoms with E-state index < -0.39 is 0 Å². The van der Waals surface area contributed by atoms with Gasteiger partial charge in [0.1, 0.15) is 0 Å². The highest BCUT2D eigenvalue weighted by Crippen LogP contribution is 2.27. The molecule has 0 aliphatic heterocycles. The maximum absolute atomic E-state index is 12.1. The van der Waals surface area contributed by atoms with Gasteiger partial charge >= 0.3 is 0 Å². The summed E-state index contributed by atoms with van der Waals surface area (Å²) in [6.07, 6.45) is 0.921. The Morgan fingerprint density at radius 3 is 2.48 bits per heavy atom. The smallest absolute Gasteiger partial charge is 0.234 e. The molecule has 0 unspecified atom stereocenters. The van der Waals surface area contributed by atoms with Crippen LogP contribution in [-0.2, 0) is 11.2 Å². The Balaban J connectivity index is 1.88. The van der Waals surface area contributed by atoms with Crippen LogP contribution in [0.15, 0.2) is 54.6 Å². The number of thioether (sulfide) groups is 1. The van der Waals surface area contributed by atoms with E-state index in [-0.39, 0.29) is 5.91 Å². The average Bonchev–Trinajstić information content (AvgIpc) is 2.54. The van der Waals surface area contributed by atoms with E-state index in [1.165, 1.54) is 11.1 Å². The van der Waals surface area contributed by atoms with Crippen LogP contribution in [0, 0.1) is 0 Å². The average molecular weight is 299 g/mol. The molecule has 0 fully saturated rings. The number of para-hydroxylation sites is 1. The van der Waals surface area contributed by atoms with E-state index in [0.717, 1.165) is 12.1 Å². The van der Waals surface area contributed by atoms with Crippen molar-refractivity contribution >= 4 is 23.4 Å². The molecule has 2 rings (SSSR count). The van der Waals surface area contributed by atoms with Gasteiger partial charge in [-0.1, -0.05) is 55.5 Å². The van der Waals surface area contributed by atoms with E-state index in [9.17, 15) is 4.79 Å². The molecule has 0 aliphatic rings. The second-order valence-electron chi connectivity index (χ2n) is 4.92. The zero-order valence-electron chi connectivity index (χ0n) is 12.5. The van der Waals surface area contributed by atoms with Gasteiger partial charge in [-0.2, -0.15) is 0 Å². The zero-order valence-corrected chi connectivity index (χ0v) is 13.3. The molecule has 0 radical (unpaired) electrons. The molecule has 110 valence electrons. The lowest BCUT2D eigenvalue weighted by molar-refractivity contribution is -0.113. The zero-order chi connectivity index (χ0) is 15.1. The number of nitrogens with one attached hydrogen (secondary N) is 1. The number of rotatable bonds is 6. The summed E-state index contributed by atoms with van der Waals surface area (Å²) in [4.78, 5) is 12.1. The van der Waals surface area contributed by atoms with Gasteiger partial charge in [0.05, 0.1) is 5.75 Å². The molecule has 0 aromatic heterocycles. The van der Waals surface area contributed by atoms with Gasteiger partial charge in [-0.05, 0) is 30.5 Å². The SMILES string of the molecule is CCc1ccccc1NC(=O)CS[C@@H](C)c1ccccc1. The minimum Gasteiger partial charge on any atom is -0.325 e. The van der Waals surface area contributed by atoms with Gasteiger partial charge in [-0.25, -0.2) is 0 Å². The van der Waals surface area contributed by atoms with Crippen LogP contribution >= 0.6 is 11.8 Å². The summed E-state index contributed by atoms with van der Waals surface area (Å²) in [5.41, 5.74) is 3.36. The summed E-state index contributed by atoms with van der Waals surface area (Å²) in [5.74, 6) is 0.525. The monoisotopic (exact) mass is 299 g/mol. The molecule has 21 heavy (non-hydrogen) atoms. The predicted octanol–water partition coefficient (Wildman–Crippen LogP) is 4.68. The van der Waals surface area contributed by atoms with Crippen LogP contribution in [0.1, 0.15) is 30.2 Å². The Kier molecular flexibility index (Phi) is 5.88. The molecule has 0 aliphatic carbocycles. The van der Waals surface area contributed by atoms with Gasteiger partial charge in [0.2, 0.25) is 5.91 Å². The van der Waals surface area contributed by atoms with Crippen LogP contribution in [0.5, 0.6) is 0 Å². The molecule has 2 nitrogen and oxygen atoms in total. The normalized spacial score (nSPS) is 11.9. The maximum atomic E-state index is 12.1. The number of hydrogen-bond acceptors (Lipinski definition) is 2. The first-order chi connectivity index (χ1) is 10.2. The third-order valence-corrected chi connectivity index (χ3v) is 4.61. The summed E-state index contributed by atoms with van der Waals surface area (Å²) in [6, 6.07) is 18.2. The van der Waals surface area contributed by atoms with Crippen molar-refractivity contribution in [1.29, 1.82) is 0 Å². The quantitative estimate of drug-likeness (QED) is 0.839. The third kappa shape index (κ3) is 4.64.